The number of hydrogen-bond acceptors (Lipinski definition) is 6. The van der Waals surface area contributed by atoms with Gasteiger partial charge < -0.3 is 15.2 Å². The monoisotopic (exact) mass is 312 g/mol. The Bertz CT molecular complexity index is 498. The number of β-amino-alcohol motifs (C(OH)–C–C–N with tert-alkyl or cyclic N) is 1. The van der Waals surface area contributed by atoms with Gasteiger partial charge in [0, 0.05) is 30.3 Å². The van der Waals surface area contributed by atoms with Crippen LogP contribution in [0.4, 0.5) is 5.82 Å². The van der Waals surface area contributed by atoms with Crippen LogP contribution in [0.15, 0.2) is 0 Å². The van der Waals surface area contributed by atoms with Crippen molar-refractivity contribution in [3.8, 4) is 0 Å². The Morgan fingerprint density at radius 2 is 2.29 bits per heavy atom. The fraction of sp³-hybridized carbons (Fsp3) is 0.714. The number of nitrogens with one attached hydrogen (secondary N) is 1. The predicted octanol–water partition coefficient (Wildman–Crippen LogP) is 1.07. The molecule has 1 saturated heterocycles. The molecule has 1 aromatic rings. The van der Waals surface area contributed by atoms with Crippen LogP contribution in [0.5, 0.6) is 0 Å². The molecule has 0 saturated carbocycles. The Morgan fingerprint density at radius 1 is 1.38 bits per heavy atom. The molecule has 0 spiro atoms. The van der Waals surface area contributed by atoms with Crippen LogP contribution in [0, 0.1) is 0 Å². The number of rotatable bonds is 4. The highest BCUT2D eigenvalue weighted by Crippen LogP contribution is 2.28. The van der Waals surface area contributed by atoms with Gasteiger partial charge in [-0.1, -0.05) is 11.6 Å². The predicted molar refractivity (Wildman–Crippen MR) is 80.6 cm³/mol. The smallest absolute Gasteiger partial charge is 0.157 e. The molecule has 1 atom stereocenters. The Balaban J connectivity index is 1.73. The summed E-state index contributed by atoms with van der Waals surface area (Å²) in [4.78, 5) is 2.28. The van der Waals surface area contributed by atoms with Crippen LogP contribution < -0.4 is 5.32 Å². The van der Waals surface area contributed by atoms with E-state index in [9.17, 15) is 0 Å². The third kappa shape index (κ3) is 3.45. The van der Waals surface area contributed by atoms with Crippen LogP contribution >= 0.6 is 11.6 Å². The molecule has 3 rings (SSSR count). The minimum atomic E-state index is 0.209. The summed E-state index contributed by atoms with van der Waals surface area (Å²) < 4.78 is 5.45. The average molecular weight is 313 g/mol. The van der Waals surface area contributed by atoms with E-state index in [0.717, 1.165) is 55.8 Å². The van der Waals surface area contributed by atoms with Crippen LogP contribution in [-0.2, 0) is 17.8 Å². The number of aromatic nitrogens is 2. The number of nitrogens with zero attached hydrogens (tertiary/aromatic N) is 3. The van der Waals surface area contributed by atoms with Crippen molar-refractivity contribution in [3.63, 3.8) is 0 Å². The molecule has 0 aromatic carbocycles. The molecule has 1 aromatic heterocycles. The maximum Gasteiger partial charge on any atom is 0.157 e. The van der Waals surface area contributed by atoms with Crippen LogP contribution in [0.25, 0.3) is 0 Å². The molecule has 2 aliphatic heterocycles. The highest BCUT2D eigenvalue weighted by Gasteiger charge is 2.24. The largest absolute Gasteiger partial charge is 0.395 e. The molecule has 1 fully saturated rings. The molecule has 3 heterocycles. The second kappa shape index (κ2) is 6.87. The molecule has 7 heteroatoms. The van der Waals surface area contributed by atoms with E-state index in [1.165, 1.54) is 0 Å². The zero-order valence-corrected chi connectivity index (χ0v) is 12.8. The zero-order chi connectivity index (χ0) is 14.7. The average Bonchev–Trinajstić information content (AvgIpc) is 2.51. The number of ether oxygens (including phenoxy) is 1. The fourth-order valence-electron chi connectivity index (χ4n) is 3.07. The van der Waals surface area contributed by atoms with Crippen LogP contribution in [0.2, 0.25) is 5.15 Å². The number of aliphatic hydroxyl groups is 1. The lowest BCUT2D eigenvalue weighted by atomic mass is 10.0. The van der Waals surface area contributed by atoms with Gasteiger partial charge in [0.25, 0.3) is 0 Å². The normalized spacial score (nSPS) is 22.9. The summed E-state index contributed by atoms with van der Waals surface area (Å²) >= 11 is 6.10. The third-order valence-corrected chi connectivity index (χ3v) is 4.45. The van der Waals surface area contributed by atoms with Crippen molar-refractivity contribution in [3.05, 3.63) is 16.3 Å². The van der Waals surface area contributed by atoms with Gasteiger partial charge >= 0.3 is 0 Å². The van der Waals surface area contributed by atoms with E-state index in [2.05, 4.69) is 20.4 Å². The van der Waals surface area contributed by atoms with Crippen LogP contribution in [-0.4, -0.2) is 59.1 Å². The highest BCUT2D eigenvalue weighted by atomic mass is 35.5. The minimum absolute atomic E-state index is 0.209. The van der Waals surface area contributed by atoms with Crippen molar-refractivity contribution in [2.24, 2.45) is 0 Å². The molecule has 2 N–H and O–H groups in total. The molecule has 6 nitrogen and oxygen atoms in total. The maximum atomic E-state index is 9.07. The van der Waals surface area contributed by atoms with E-state index in [-0.39, 0.29) is 6.61 Å². The summed E-state index contributed by atoms with van der Waals surface area (Å²) in [6.07, 6.45) is 3.06. The number of fused-ring (bicyclic) bond motifs is 1. The molecule has 0 unspecified atom stereocenters. The topological polar surface area (TPSA) is 70.5 Å². The molecular weight excluding hydrogens is 292 g/mol. The summed E-state index contributed by atoms with van der Waals surface area (Å²) in [5.74, 6) is 0.841. The minimum Gasteiger partial charge on any atom is -0.395 e. The molecular formula is C14H21ClN4O2. The molecule has 21 heavy (non-hydrogen) atoms. The van der Waals surface area contributed by atoms with E-state index in [1.807, 2.05) is 0 Å². The van der Waals surface area contributed by atoms with Crippen molar-refractivity contribution < 1.29 is 9.84 Å². The van der Waals surface area contributed by atoms with Gasteiger partial charge in [-0.3, -0.25) is 4.90 Å². The van der Waals surface area contributed by atoms with Gasteiger partial charge in [-0.25, -0.2) is 0 Å². The number of hydrogen-bond donors (Lipinski definition) is 2. The van der Waals surface area contributed by atoms with E-state index in [0.29, 0.717) is 24.4 Å². The van der Waals surface area contributed by atoms with E-state index in [1.54, 1.807) is 0 Å². The van der Waals surface area contributed by atoms with Crippen LogP contribution in [0.1, 0.15) is 24.0 Å². The molecule has 116 valence electrons. The maximum absolute atomic E-state index is 9.07. The number of aliphatic hydroxyl groups excluding tert-OH is 1. The second-order valence-electron chi connectivity index (χ2n) is 5.61. The number of likely N-dealkylation sites (tertiary alicyclic amines) is 1. The second-order valence-corrected chi connectivity index (χ2v) is 5.96. The van der Waals surface area contributed by atoms with Crippen molar-refractivity contribution in [2.75, 3.05) is 38.2 Å². The van der Waals surface area contributed by atoms with Crippen molar-refractivity contribution in [2.45, 2.75) is 31.9 Å². The van der Waals surface area contributed by atoms with Gasteiger partial charge in [-0.2, -0.15) is 0 Å². The van der Waals surface area contributed by atoms with E-state index < -0.39 is 0 Å². The van der Waals surface area contributed by atoms with Crippen LogP contribution in [0.3, 0.4) is 0 Å². The van der Waals surface area contributed by atoms with Gasteiger partial charge in [0.2, 0.25) is 0 Å². The first-order valence-corrected chi connectivity index (χ1v) is 7.87. The van der Waals surface area contributed by atoms with Crippen molar-refractivity contribution >= 4 is 17.4 Å². The number of anilines is 1. The first-order valence-electron chi connectivity index (χ1n) is 7.49. The molecule has 0 aliphatic carbocycles. The molecule has 0 bridgehead atoms. The standard InChI is InChI=1S/C14H21ClN4O2/c15-13-12-9-21-7-3-11(12)14(18-17-13)16-10-2-1-4-19(8-10)5-6-20/h10,20H,1-9H2,(H,16,18)/t10-/m1/s1. The zero-order valence-electron chi connectivity index (χ0n) is 12.0. The van der Waals surface area contributed by atoms with Gasteiger partial charge in [0.1, 0.15) is 0 Å². The summed E-state index contributed by atoms with van der Waals surface area (Å²) in [6.45, 7) is 4.13. The molecule has 0 radical (unpaired) electrons. The van der Waals surface area contributed by atoms with Gasteiger partial charge in [0.05, 0.1) is 19.8 Å². The molecule has 0 amide bonds. The summed E-state index contributed by atoms with van der Waals surface area (Å²) in [7, 11) is 0. The number of halogens is 1. The quantitative estimate of drug-likeness (QED) is 0.867. The highest BCUT2D eigenvalue weighted by molar-refractivity contribution is 6.30. The SMILES string of the molecule is OCCN1CCC[C@@H](Nc2nnc(Cl)c3c2CCOC3)C1. The summed E-state index contributed by atoms with van der Waals surface area (Å²) in [5, 5.41) is 21.3. The van der Waals surface area contributed by atoms with Crippen molar-refractivity contribution in [1.82, 2.24) is 15.1 Å². The Hall–Kier alpha value is -0.950. The summed E-state index contributed by atoms with van der Waals surface area (Å²) in [5.41, 5.74) is 2.10. The Morgan fingerprint density at radius 3 is 3.14 bits per heavy atom. The Kier molecular flexibility index (Phi) is 4.90. The lowest BCUT2D eigenvalue weighted by Gasteiger charge is -2.33. The van der Waals surface area contributed by atoms with E-state index in [4.69, 9.17) is 21.4 Å². The lowest BCUT2D eigenvalue weighted by Crippen LogP contribution is -2.43. The number of piperidine rings is 1. The fourth-order valence-corrected chi connectivity index (χ4v) is 3.28. The van der Waals surface area contributed by atoms with E-state index >= 15 is 0 Å². The van der Waals surface area contributed by atoms with Gasteiger partial charge in [-0.15, -0.1) is 10.2 Å². The van der Waals surface area contributed by atoms with Gasteiger partial charge in [-0.05, 0) is 25.8 Å². The lowest BCUT2D eigenvalue weighted by molar-refractivity contribution is 0.110. The first-order chi connectivity index (χ1) is 10.3. The Labute approximate surface area is 129 Å². The molecule has 2 aliphatic rings. The van der Waals surface area contributed by atoms with Crippen molar-refractivity contribution in [1.29, 1.82) is 0 Å². The van der Waals surface area contributed by atoms with Gasteiger partial charge in [0.15, 0.2) is 11.0 Å². The third-order valence-electron chi connectivity index (χ3n) is 4.14. The summed E-state index contributed by atoms with van der Waals surface area (Å²) in [6, 6.07) is 0.340. The first kappa shape index (κ1) is 15.0.